The van der Waals surface area contributed by atoms with Gasteiger partial charge in [-0.2, -0.15) is 0 Å². The minimum atomic E-state index is 0.00948. The second kappa shape index (κ2) is 25.9. The molecule has 49 heavy (non-hydrogen) atoms. The number of aryl methyl sites for hydroxylation is 3. The Morgan fingerprint density at radius 2 is 1.31 bits per heavy atom. The van der Waals surface area contributed by atoms with E-state index in [1.54, 1.807) is 6.20 Å². The molecule has 0 radical (unpaired) electrons. The van der Waals surface area contributed by atoms with Crippen molar-refractivity contribution in [3.63, 3.8) is 0 Å². The van der Waals surface area contributed by atoms with Gasteiger partial charge in [0, 0.05) is 44.4 Å². The van der Waals surface area contributed by atoms with Crippen LogP contribution in [0.2, 0.25) is 0 Å². The Bertz CT molecular complexity index is 1240. The molecule has 12 nitrogen and oxygen atoms in total. The van der Waals surface area contributed by atoms with Crippen molar-refractivity contribution in [1.82, 2.24) is 29.1 Å². The van der Waals surface area contributed by atoms with Gasteiger partial charge >= 0.3 is 0 Å². The standard InChI is InChI=1S/2C11H17IN2O2.C7H13BrO2.C4H5IN2/c1-9-13-10(12)8-14(9)5-7-16-11-4-2-3-6-15-11;1-9-13-8-10(12)14(9)5-7-16-11-4-2-3-6-15-11;8-4-6-10-7-3-1-2-5-9-7;1-3-6-2-4(5)7-3/h2*8,11H,2-7H2,1H3;7H,1-6H2;2H,1H3,(H,6,7). The first-order chi connectivity index (χ1) is 23.7. The maximum absolute atomic E-state index is 5.69. The van der Waals surface area contributed by atoms with E-state index >= 15 is 0 Å². The van der Waals surface area contributed by atoms with Crippen LogP contribution in [-0.4, -0.2) is 92.9 Å². The SMILES string of the molecule is BrCCOC1CCCCO1.Cc1nc(I)cn1CCOC1CCCCO1.Cc1ncc(I)[nH]1.Cc1ncc(I)n1CCOC1CCCCO1. The van der Waals surface area contributed by atoms with E-state index < -0.39 is 0 Å². The van der Waals surface area contributed by atoms with Crippen LogP contribution in [0.3, 0.4) is 0 Å². The normalized spacial score (nSPS) is 20.7. The molecule has 0 aliphatic carbocycles. The lowest BCUT2D eigenvalue weighted by Crippen LogP contribution is -2.24. The number of halogens is 4. The van der Waals surface area contributed by atoms with Crippen molar-refractivity contribution in [3.8, 4) is 0 Å². The molecule has 3 aromatic heterocycles. The summed E-state index contributed by atoms with van der Waals surface area (Å²) in [4.78, 5) is 15.6. The van der Waals surface area contributed by atoms with Crippen LogP contribution in [0.25, 0.3) is 0 Å². The first kappa shape index (κ1) is 43.5. The van der Waals surface area contributed by atoms with Crippen LogP contribution < -0.4 is 0 Å². The Balaban J connectivity index is 0.000000185. The Morgan fingerprint density at radius 1 is 0.755 bits per heavy atom. The molecule has 0 amide bonds. The van der Waals surface area contributed by atoms with E-state index in [0.717, 1.165) is 92.7 Å². The second-order valence-corrected chi connectivity index (χ2v) is 15.8. The smallest absolute Gasteiger partial charge is 0.157 e. The molecule has 0 spiro atoms. The highest BCUT2D eigenvalue weighted by Gasteiger charge is 2.15. The molecule has 3 saturated heterocycles. The number of hydrogen-bond donors (Lipinski definition) is 1. The first-order valence-electron chi connectivity index (χ1n) is 17.0. The third kappa shape index (κ3) is 18.6. The number of rotatable bonds is 11. The molecule has 3 fully saturated rings. The van der Waals surface area contributed by atoms with Crippen LogP contribution in [0.1, 0.15) is 75.3 Å². The summed E-state index contributed by atoms with van der Waals surface area (Å²) < 4.78 is 40.6. The number of H-pyrrole nitrogens is 1. The van der Waals surface area contributed by atoms with E-state index in [4.69, 9.17) is 28.4 Å². The van der Waals surface area contributed by atoms with E-state index in [9.17, 15) is 0 Å². The van der Waals surface area contributed by atoms with Gasteiger partial charge in [0.25, 0.3) is 0 Å². The van der Waals surface area contributed by atoms with E-state index in [1.165, 1.54) is 38.5 Å². The molecule has 6 heterocycles. The lowest BCUT2D eigenvalue weighted by atomic mass is 10.2. The molecule has 6 rings (SSSR count). The summed E-state index contributed by atoms with van der Waals surface area (Å²) in [5.41, 5.74) is 0. The second-order valence-electron chi connectivity index (χ2n) is 11.6. The molecule has 0 aromatic carbocycles. The molecular weight excluding hydrogens is 1040 g/mol. The fraction of sp³-hybridized carbons (Fsp3) is 0.727. The summed E-state index contributed by atoms with van der Waals surface area (Å²) in [5.74, 6) is 3.06. The van der Waals surface area contributed by atoms with Gasteiger partial charge in [0.05, 0.1) is 39.6 Å². The number of nitrogens with one attached hydrogen (secondary N) is 1. The Kier molecular flexibility index (Phi) is 23.0. The molecule has 278 valence electrons. The number of alkyl halides is 1. The van der Waals surface area contributed by atoms with Crippen molar-refractivity contribution in [3.05, 3.63) is 47.2 Å². The van der Waals surface area contributed by atoms with Gasteiger partial charge in [-0.25, -0.2) is 15.0 Å². The number of nitrogens with zero attached hydrogens (tertiary/aromatic N) is 5. The summed E-state index contributed by atoms with van der Waals surface area (Å²) in [6.45, 7) is 12.3. The summed E-state index contributed by atoms with van der Waals surface area (Å²) >= 11 is 9.99. The van der Waals surface area contributed by atoms with Crippen LogP contribution >= 0.6 is 83.7 Å². The molecule has 0 bridgehead atoms. The number of hydrogen-bond acceptors (Lipinski definition) is 9. The van der Waals surface area contributed by atoms with Gasteiger partial charge < -0.3 is 42.5 Å². The summed E-state index contributed by atoms with van der Waals surface area (Å²) in [5, 5.41) is 0.896. The largest absolute Gasteiger partial charge is 0.353 e. The molecule has 3 aromatic rings. The minimum Gasteiger partial charge on any atom is -0.353 e. The Labute approximate surface area is 340 Å². The van der Waals surface area contributed by atoms with Crippen molar-refractivity contribution < 1.29 is 28.4 Å². The number of ether oxygens (including phenoxy) is 6. The highest BCUT2D eigenvalue weighted by molar-refractivity contribution is 14.1. The summed E-state index contributed by atoms with van der Waals surface area (Å²) in [6, 6.07) is 0. The number of imidazole rings is 3. The van der Waals surface area contributed by atoms with Crippen LogP contribution in [0.4, 0.5) is 0 Å². The lowest BCUT2D eigenvalue weighted by molar-refractivity contribution is -0.163. The van der Waals surface area contributed by atoms with Gasteiger partial charge in [-0.05, 0) is 146 Å². The lowest BCUT2D eigenvalue weighted by Gasteiger charge is -2.22. The van der Waals surface area contributed by atoms with Gasteiger partial charge in [0.15, 0.2) is 18.9 Å². The number of aromatic amines is 1. The van der Waals surface area contributed by atoms with Gasteiger partial charge in [-0.1, -0.05) is 15.9 Å². The van der Waals surface area contributed by atoms with Crippen LogP contribution in [-0.2, 0) is 41.5 Å². The van der Waals surface area contributed by atoms with Gasteiger partial charge in [0.1, 0.15) is 21.2 Å². The Morgan fingerprint density at radius 3 is 1.67 bits per heavy atom. The zero-order valence-corrected chi connectivity index (χ0v) is 36.9. The molecule has 16 heteroatoms. The van der Waals surface area contributed by atoms with Crippen LogP contribution in [0, 0.1) is 31.9 Å². The predicted molar refractivity (Wildman–Crippen MR) is 218 cm³/mol. The van der Waals surface area contributed by atoms with Crippen molar-refractivity contribution in [1.29, 1.82) is 0 Å². The van der Waals surface area contributed by atoms with E-state index in [2.05, 4.69) is 113 Å². The van der Waals surface area contributed by atoms with Crippen molar-refractivity contribution in [2.75, 3.05) is 45.0 Å². The average molecular weight is 1090 g/mol. The quantitative estimate of drug-likeness (QED) is 0.151. The fourth-order valence-corrected chi connectivity index (χ4v) is 7.19. The van der Waals surface area contributed by atoms with Crippen molar-refractivity contribution >= 4 is 83.7 Å². The third-order valence-electron chi connectivity index (χ3n) is 7.67. The van der Waals surface area contributed by atoms with Crippen molar-refractivity contribution in [2.45, 2.75) is 111 Å². The molecule has 3 unspecified atom stereocenters. The van der Waals surface area contributed by atoms with E-state index in [1.807, 2.05) is 33.2 Å². The minimum absolute atomic E-state index is 0.00948. The first-order valence-corrected chi connectivity index (χ1v) is 21.4. The molecule has 0 saturated carbocycles. The van der Waals surface area contributed by atoms with E-state index in [0.29, 0.717) is 13.2 Å². The highest BCUT2D eigenvalue weighted by Crippen LogP contribution is 2.16. The molecular formula is C33H52BrI3N6O6. The topological polar surface area (TPSA) is 120 Å². The van der Waals surface area contributed by atoms with Gasteiger partial charge in [-0.3, -0.25) is 0 Å². The Hall–Kier alpha value is 0.0600. The van der Waals surface area contributed by atoms with Gasteiger partial charge in [-0.15, -0.1) is 0 Å². The van der Waals surface area contributed by atoms with Gasteiger partial charge in [0.2, 0.25) is 0 Å². The average Bonchev–Trinajstić information content (AvgIpc) is 3.77. The van der Waals surface area contributed by atoms with E-state index in [-0.39, 0.29) is 18.9 Å². The summed E-state index contributed by atoms with van der Waals surface area (Å²) in [6.07, 6.45) is 16.1. The monoisotopic (exact) mass is 1090 g/mol. The third-order valence-corrected chi connectivity index (χ3v) is 9.93. The maximum atomic E-state index is 5.69. The van der Waals surface area contributed by atoms with Crippen LogP contribution in [0.5, 0.6) is 0 Å². The van der Waals surface area contributed by atoms with Crippen molar-refractivity contribution in [2.24, 2.45) is 0 Å². The maximum Gasteiger partial charge on any atom is 0.157 e. The summed E-state index contributed by atoms with van der Waals surface area (Å²) in [7, 11) is 0. The molecule has 3 atom stereocenters. The zero-order chi connectivity index (χ0) is 35.3. The van der Waals surface area contributed by atoms with Crippen LogP contribution in [0.15, 0.2) is 18.6 Å². The number of aromatic nitrogens is 6. The predicted octanol–water partition coefficient (Wildman–Crippen LogP) is 7.93. The zero-order valence-electron chi connectivity index (χ0n) is 28.9. The molecule has 1 N–H and O–H groups in total. The fourth-order valence-electron chi connectivity index (χ4n) is 5.06. The highest BCUT2D eigenvalue weighted by atomic mass is 127. The molecule has 3 aliphatic heterocycles. The molecule has 3 aliphatic rings.